The molecule has 0 bridgehead atoms. The van der Waals surface area contributed by atoms with Crippen LogP contribution in [0.2, 0.25) is 5.02 Å². The summed E-state index contributed by atoms with van der Waals surface area (Å²) in [5.74, 6) is 0. The molecule has 0 amide bonds. The second-order valence-electron chi connectivity index (χ2n) is 2.29. The Kier molecular flexibility index (Phi) is 4.12. The Morgan fingerprint density at radius 1 is 1.38 bits per heavy atom. The van der Waals surface area contributed by atoms with Crippen LogP contribution >= 0.6 is 23.4 Å². The first-order valence-electron chi connectivity index (χ1n) is 3.69. The predicted octanol–water partition coefficient (Wildman–Crippen LogP) is 3.01. The quantitative estimate of drug-likeness (QED) is 0.430. The topological polar surface area (TPSA) is 21.6 Å². The molecule has 4 heteroatoms. The number of benzene rings is 1. The summed E-state index contributed by atoms with van der Waals surface area (Å²) in [5, 5.41) is 5.45. The highest BCUT2D eigenvalue weighted by Crippen LogP contribution is 2.14. The van der Waals surface area contributed by atoms with Crippen LogP contribution < -0.4 is 0 Å². The molecule has 0 aliphatic rings. The lowest BCUT2D eigenvalue weighted by atomic mass is 10.2. The van der Waals surface area contributed by atoms with Gasteiger partial charge in [0.2, 0.25) is 0 Å². The first kappa shape index (κ1) is 10.4. The molecule has 0 aromatic heterocycles. The van der Waals surface area contributed by atoms with E-state index in [1.54, 1.807) is 0 Å². The summed E-state index contributed by atoms with van der Waals surface area (Å²) in [6.45, 7) is 0. The van der Waals surface area contributed by atoms with Crippen molar-refractivity contribution in [3.05, 3.63) is 34.9 Å². The zero-order valence-corrected chi connectivity index (χ0v) is 9.02. The molecule has 0 spiro atoms. The number of oxime groups is 1. The summed E-state index contributed by atoms with van der Waals surface area (Å²) in [6.07, 6.45) is 1.95. The standard InChI is InChI=1S/C9H10ClNOS/c1-12-11-9(13-2)7-3-5-8(10)6-4-7/h3-6H,1-2H3/b11-9+. The largest absolute Gasteiger partial charge is 0.398 e. The maximum Gasteiger partial charge on any atom is 0.142 e. The van der Waals surface area contributed by atoms with E-state index >= 15 is 0 Å². The van der Waals surface area contributed by atoms with Crippen molar-refractivity contribution < 1.29 is 4.84 Å². The van der Waals surface area contributed by atoms with Gasteiger partial charge in [0.1, 0.15) is 12.2 Å². The van der Waals surface area contributed by atoms with Crippen molar-refractivity contribution in [3.8, 4) is 0 Å². The lowest BCUT2D eigenvalue weighted by Crippen LogP contribution is -1.94. The van der Waals surface area contributed by atoms with Crippen molar-refractivity contribution in [1.29, 1.82) is 0 Å². The van der Waals surface area contributed by atoms with Crippen LogP contribution in [0.1, 0.15) is 5.56 Å². The Balaban J connectivity index is 2.92. The molecule has 0 radical (unpaired) electrons. The molecular formula is C9H10ClNOS. The lowest BCUT2D eigenvalue weighted by molar-refractivity contribution is 0.215. The number of hydrogen-bond acceptors (Lipinski definition) is 3. The summed E-state index contributed by atoms with van der Waals surface area (Å²) in [7, 11) is 1.53. The minimum Gasteiger partial charge on any atom is -0.398 e. The van der Waals surface area contributed by atoms with Crippen LogP contribution in [0.4, 0.5) is 0 Å². The molecule has 1 aromatic carbocycles. The third-order valence-electron chi connectivity index (χ3n) is 1.46. The van der Waals surface area contributed by atoms with Gasteiger partial charge in [-0.15, -0.1) is 11.8 Å². The van der Waals surface area contributed by atoms with E-state index in [1.165, 1.54) is 18.9 Å². The fourth-order valence-electron chi connectivity index (χ4n) is 0.883. The third kappa shape index (κ3) is 2.94. The first-order valence-corrected chi connectivity index (χ1v) is 5.29. The van der Waals surface area contributed by atoms with Gasteiger partial charge in [-0.05, 0) is 18.4 Å². The van der Waals surface area contributed by atoms with E-state index in [1.807, 2.05) is 30.5 Å². The van der Waals surface area contributed by atoms with E-state index in [-0.39, 0.29) is 0 Å². The van der Waals surface area contributed by atoms with Crippen LogP contribution in [-0.2, 0) is 4.84 Å². The molecule has 0 aliphatic heterocycles. The molecule has 0 aliphatic carbocycles. The van der Waals surface area contributed by atoms with Crippen LogP contribution in [0, 0.1) is 0 Å². The van der Waals surface area contributed by atoms with Gasteiger partial charge in [0.15, 0.2) is 0 Å². The summed E-state index contributed by atoms with van der Waals surface area (Å²) >= 11 is 7.29. The minimum atomic E-state index is 0.724. The lowest BCUT2D eigenvalue weighted by Gasteiger charge is -2.01. The molecule has 1 aromatic rings. The maximum atomic E-state index is 5.76. The number of hydrogen-bond donors (Lipinski definition) is 0. The van der Waals surface area contributed by atoms with Crippen LogP contribution in [-0.4, -0.2) is 18.4 Å². The second kappa shape index (κ2) is 5.14. The van der Waals surface area contributed by atoms with Crippen LogP contribution in [0.3, 0.4) is 0 Å². The Labute approximate surface area is 86.9 Å². The van der Waals surface area contributed by atoms with Crippen molar-refractivity contribution in [2.24, 2.45) is 5.16 Å². The van der Waals surface area contributed by atoms with Gasteiger partial charge in [-0.2, -0.15) is 0 Å². The van der Waals surface area contributed by atoms with Crippen molar-refractivity contribution in [1.82, 2.24) is 0 Å². The molecule has 0 fully saturated rings. The predicted molar refractivity (Wildman–Crippen MR) is 58.5 cm³/mol. The molecule has 2 nitrogen and oxygen atoms in total. The summed E-state index contributed by atoms with van der Waals surface area (Å²) in [6, 6.07) is 7.49. The van der Waals surface area contributed by atoms with Gasteiger partial charge in [-0.1, -0.05) is 28.9 Å². The zero-order chi connectivity index (χ0) is 9.68. The van der Waals surface area contributed by atoms with Gasteiger partial charge < -0.3 is 4.84 Å². The maximum absolute atomic E-state index is 5.76. The van der Waals surface area contributed by atoms with Crippen LogP contribution in [0.25, 0.3) is 0 Å². The highest BCUT2D eigenvalue weighted by atomic mass is 35.5. The van der Waals surface area contributed by atoms with Crippen molar-refractivity contribution in [2.75, 3.05) is 13.4 Å². The molecule has 0 atom stereocenters. The molecular weight excluding hydrogens is 206 g/mol. The van der Waals surface area contributed by atoms with Gasteiger partial charge in [0.05, 0.1) is 0 Å². The molecule has 0 saturated carbocycles. The van der Waals surface area contributed by atoms with Crippen molar-refractivity contribution >= 4 is 28.4 Å². The van der Waals surface area contributed by atoms with Gasteiger partial charge in [0, 0.05) is 10.6 Å². The normalized spacial score (nSPS) is 11.5. The molecule has 0 N–H and O–H groups in total. The van der Waals surface area contributed by atoms with Crippen LogP contribution in [0.5, 0.6) is 0 Å². The van der Waals surface area contributed by atoms with E-state index in [0.717, 1.165) is 15.6 Å². The Hall–Kier alpha value is -0.670. The minimum absolute atomic E-state index is 0.724. The van der Waals surface area contributed by atoms with E-state index in [9.17, 15) is 0 Å². The molecule has 0 heterocycles. The van der Waals surface area contributed by atoms with E-state index in [4.69, 9.17) is 16.4 Å². The first-order chi connectivity index (χ1) is 6.27. The van der Waals surface area contributed by atoms with E-state index in [0.29, 0.717) is 0 Å². The number of halogens is 1. The van der Waals surface area contributed by atoms with Crippen LogP contribution in [0.15, 0.2) is 29.4 Å². The van der Waals surface area contributed by atoms with Crippen molar-refractivity contribution in [2.45, 2.75) is 0 Å². The Bertz CT molecular complexity index is 297. The average Bonchev–Trinajstić information content (AvgIpc) is 2.16. The average molecular weight is 216 g/mol. The fraction of sp³-hybridized carbons (Fsp3) is 0.222. The van der Waals surface area contributed by atoms with Gasteiger partial charge in [0.25, 0.3) is 0 Å². The SMILES string of the molecule is CO/N=C(/SC)c1ccc(Cl)cc1. The summed E-state index contributed by atoms with van der Waals surface area (Å²) in [4.78, 5) is 4.71. The smallest absolute Gasteiger partial charge is 0.142 e. The highest BCUT2D eigenvalue weighted by molar-refractivity contribution is 8.13. The summed E-state index contributed by atoms with van der Waals surface area (Å²) < 4.78 is 0. The van der Waals surface area contributed by atoms with Gasteiger partial charge in [-0.25, -0.2) is 0 Å². The monoisotopic (exact) mass is 215 g/mol. The van der Waals surface area contributed by atoms with Crippen molar-refractivity contribution in [3.63, 3.8) is 0 Å². The number of thioether (sulfide) groups is 1. The van der Waals surface area contributed by atoms with E-state index < -0.39 is 0 Å². The van der Waals surface area contributed by atoms with Gasteiger partial charge >= 0.3 is 0 Å². The molecule has 0 unspecified atom stereocenters. The summed E-state index contributed by atoms with van der Waals surface area (Å²) in [5.41, 5.74) is 1.01. The Morgan fingerprint density at radius 2 is 2.00 bits per heavy atom. The molecule has 1 rings (SSSR count). The zero-order valence-electron chi connectivity index (χ0n) is 7.45. The van der Waals surface area contributed by atoms with E-state index in [2.05, 4.69) is 5.16 Å². The number of rotatable bonds is 2. The highest BCUT2D eigenvalue weighted by Gasteiger charge is 2.01. The number of nitrogens with zero attached hydrogens (tertiary/aromatic N) is 1. The molecule has 0 saturated heterocycles. The van der Waals surface area contributed by atoms with Gasteiger partial charge in [-0.3, -0.25) is 0 Å². The fourth-order valence-corrected chi connectivity index (χ4v) is 1.53. The Morgan fingerprint density at radius 3 is 2.46 bits per heavy atom. The second-order valence-corrected chi connectivity index (χ2v) is 3.52. The third-order valence-corrected chi connectivity index (χ3v) is 2.41. The molecule has 70 valence electrons. The molecule has 13 heavy (non-hydrogen) atoms.